The number of nitrogens with zero attached hydrogens (tertiary/aromatic N) is 4. The highest BCUT2D eigenvalue weighted by Crippen LogP contribution is 2.28. The molecule has 0 atom stereocenters. The first-order valence-electron chi connectivity index (χ1n) is 12.0. The van der Waals surface area contributed by atoms with E-state index in [1.807, 2.05) is 54.9 Å². The van der Waals surface area contributed by atoms with Crippen molar-refractivity contribution in [3.63, 3.8) is 0 Å². The second-order valence-corrected chi connectivity index (χ2v) is 10.7. The van der Waals surface area contributed by atoms with Crippen LogP contribution in [-0.2, 0) is 16.6 Å². The summed E-state index contributed by atoms with van der Waals surface area (Å²) >= 11 is 0. The third kappa shape index (κ3) is 5.27. The minimum atomic E-state index is -3.83. The normalized spacial score (nSPS) is 11.3. The van der Waals surface area contributed by atoms with Gasteiger partial charge in [-0.3, -0.25) is 9.48 Å². The van der Waals surface area contributed by atoms with Crippen LogP contribution in [0.1, 0.15) is 32.9 Å². The van der Waals surface area contributed by atoms with Crippen molar-refractivity contribution in [1.29, 1.82) is 5.26 Å². The zero-order valence-electron chi connectivity index (χ0n) is 21.2. The Balaban J connectivity index is 1.48. The van der Waals surface area contributed by atoms with Crippen LogP contribution in [0.3, 0.4) is 0 Å². The van der Waals surface area contributed by atoms with Gasteiger partial charge in [0.2, 0.25) is 10.0 Å². The zero-order valence-corrected chi connectivity index (χ0v) is 22.0. The first kappa shape index (κ1) is 25.8. The molecule has 2 heterocycles. The maximum Gasteiger partial charge on any atom is 0.256 e. The number of rotatable bonds is 6. The summed E-state index contributed by atoms with van der Waals surface area (Å²) in [5.41, 5.74) is 5.86. The molecular weight excluding hydrogens is 512 g/mol. The van der Waals surface area contributed by atoms with Gasteiger partial charge in [0.05, 0.1) is 56.9 Å². The van der Waals surface area contributed by atoms with Gasteiger partial charge in [-0.1, -0.05) is 42.5 Å². The number of carbonyl (C=O) groups excluding carboxylic acids is 1. The predicted molar refractivity (Wildman–Crippen MR) is 148 cm³/mol. The Morgan fingerprint density at radius 3 is 2.38 bits per heavy atom. The number of aromatic nitrogens is 3. The van der Waals surface area contributed by atoms with Gasteiger partial charge in [-0.05, 0) is 55.8 Å². The molecule has 0 bridgehead atoms. The average Bonchev–Trinajstić information content (AvgIpc) is 3.19. The number of para-hydroxylation sites is 1. The van der Waals surface area contributed by atoms with Crippen molar-refractivity contribution in [2.24, 2.45) is 5.14 Å². The quantitative estimate of drug-likeness (QED) is 0.326. The van der Waals surface area contributed by atoms with Crippen molar-refractivity contribution in [2.75, 3.05) is 5.32 Å². The molecule has 0 aliphatic carbocycles. The topological polar surface area (TPSA) is 144 Å². The highest BCUT2D eigenvalue weighted by Gasteiger charge is 2.19. The van der Waals surface area contributed by atoms with E-state index in [0.29, 0.717) is 51.2 Å². The van der Waals surface area contributed by atoms with Crippen molar-refractivity contribution < 1.29 is 13.2 Å². The lowest BCUT2D eigenvalue weighted by Gasteiger charge is -2.12. The molecule has 0 unspecified atom stereocenters. The third-order valence-corrected chi connectivity index (χ3v) is 7.40. The number of anilines is 1. The van der Waals surface area contributed by atoms with Gasteiger partial charge in [-0.2, -0.15) is 10.4 Å². The standard InChI is InChI=1S/C29H24N6O3S/c1-18-28(19(2)35(34-18)17-21-9-7-20(16-30)8-10-21)33-29(36)25-15-27(32-26-6-4-3-5-24(25)26)22-11-13-23(14-12-22)39(31,37)38/h3-15H,17H2,1-2H3,(H,33,36)(H2,31,37,38). The molecule has 0 aliphatic rings. The van der Waals surface area contributed by atoms with E-state index < -0.39 is 10.0 Å². The van der Waals surface area contributed by atoms with Crippen LogP contribution in [0.4, 0.5) is 5.69 Å². The van der Waals surface area contributed by atoms with Gasteiger partial charge in [0.25, 0.3) is 5.91 Å². The van der Waals surface area contributed by atoms with E-state index in [2.05, 4.69) is 21.5 Å². The van der Waals surface area contributed by atoms with Gasteiger partial charge < -0.3 is 5.32 Å². The summed E-state index contributed by atoms with van der Waals surface area (Å²) in [6.45, 7) is 4.22. The van der Waals surface area contributed by atoms with Crippen molar-refractivity contribution >= 4 is 32.5 Å². The Bertz CT molecular complexity index is 1870. The van der Waals surface area contributed by atoms with Gasteiger partial charge in [-0.15, -0.1) is 0 Å². The first-order chi connectivity index (χ1) is 18.6. The Hall–Kier alpha value is -4.85. The van der Waals surface area contributed by atoms with Gasteiger partial charge in [0.1, 0.15) is 0 Å². The smallest absolute Gasteiger partial charge is 0.256 e. The Morgan fingerprint density at radius 1 is 1.03 bits per heavy atom. The largest absolute Gasteiger partial charge is 0.319 e. The fourth-order valence-electron chi connectivity index (χ4n) is 4.40. The molecule has 0 saturated heterocycles. The molecule has 0 spiro atoms. The number of fused-ring (bicyclic) bond motifs is 1. The van der Waals surface area contributed by atoms with E-state index in [1.54, 1.807) is 30.3 Å². The number of amides is 1. The third-order valence-electron chi connectivity index (χ3n) is 6.47. The molecule has 0 radical (unpaired) electrons. The lowest BCUT2D eigenvalue weighted by molar-refractivity contribution is 0.102. The molecule has 5 rings (SSSR count). The zero-order chi connectivity index (χ0) is 27.7. The molecule has 3 N–H and O–H groups in total. The second kappa shape index (κ2) is 10.1. The fourth-order valence-corrected chi connectivity index (χ4v) is 4.91. The second-order valence-electron chi connectivity index (χ2n) is 9.11. The number of primary sulfonamides is 1. The van der Waals surface area contributed by atoms with Gasteiger partial charge in [-0.25, -0.2) is 18.5 Å². The molecular formula is C29H24N6O3S. The van der Waals surface area contributed by atoms with E-state index >= 15 is 0 Å². The monoisotopic (exact) mass is 536 g/mol. The van der Waals surface area contributed by atoms with Gasteiger partial charge in [0.15, 0.2) is 0 Å². The average molecular weight is 537 g/mol. The van der Waals surface area contributed by atoms with E-state index in [4.69, 9.17) is 10.4 Å². The van der Waals surface area contributed by atoms with Crippen LogP contribution in [0.5, 0.6) is 0 Å². The SMILES string of the molecule is Cc1nn(Cc2ccc(C#N)cc2)c(C)c1NC(=O)c1cc(-c2ccc(S(N)(=O)=O)cc2)nc2ccccc12. The maximum atomic E-state index is 13.6. The van der Waals surface area contributed by atoms with E-state index in [-0.39, 0.29) is 10.8 Å². The maximum absolute atomic E-state index is 13.6. The van der Waals surface area contributed by atoms with Crippen molar-refractivity contribution in [3.8, 4) is 17.3 Å². The lowest BCUT2D eigenvalue weighted by Crippen LogP contribution is -2.14. The van der Waals surface area contributed by atoms with Crippen molar-refractivity contribution in [1.82, 2.24) is 14.8 Å². The van der Waals surface area contributed by atoms with Crippen LogP contribution in [0, 0.1) is 25.2 Å². The molecule has 0 aliphatic heterocycles. The molecule has 194 valence electrons. The minimum Gasteiger partial charge on any atom is -0.319 e. The predicted octanol–water partition coefficient (Wildman–Crippen LogP) is 4.53. The van der Waals surface area contributed by atoms with E-state index in [9.17, 15) is 13.2 Å². The number of aryl methyl sites for hydroxylation is 1. The van der Waals surface area contributed by atoms with Crippen LogP contribution in [-0.4, -0.2) is 29.1 Å². The molecule has 10 heteroatoms. The number of hydrogen-bond acceptors (Lipinski definition) is 6. The summed E-state index contributed by atoms with van der Waals surface area (Å²) < 4.78 is 25.1. The minimum absolute atomic E-state index is 0.00558. The van der Waals surface area contributed by atoms with E-state index in [0.717, 1.165) is 11.3 Å². The number of nitrogens with two attached hydrogens (primary N) is 1. The van der Waals surface area contributed by atoms with Crippen LogP contribution < -0.4 is 10.5 Å². The van der Waals surface area contributed by atoms with Crippen molar-refractivity contribution in [2.45, 2.75) is 25.3 Å². The first-order valence-corrected chi connectivity index (χ1v) is 13.6. The van der Waals surface area contributed by atoms with Crippen LogP contribution >= 0.6 is 0 Å². The molecule has 2 aromatic heterocycles. The number of pyridine rings is 1. The summed E-state index contributed by atoms with van der Waals surface area (Å²) in [4.78, 5) is 18.3. The molecule has 5 aromatic rings. The lowest BCUT2D eigenvalue weighted by atomic mass is 10.0. The van der Waals surface area contributed by atoms with Gasteiger partial charge in [0, 0.05) is 10.9 Å². The number of carbonyl (C=O) groups is 1. The van der Waals surface area contributed by atoms with E-state index in [1.165, 1.54) is 12.1 Å². The highest BCUT2D eigenvalue weighted by molar-refractivity contribution is 7.89. The molecule has 39 heavy (non-hydrogen) atoms. The van der Waals surface area contributed by atoms with Crippen LogP contribution in [0.2, 0.25) is 0 Å². The molecule has 9 nitrogen and oxygen atoms in total. The molecule has 3 aromatic carbocycles. The number of nitrogens with one attached hydrogen (secondary N) is 1. The van der Waals surface area contributed by atoms with Crippen molar-refractivity contribution in [3.05, 3.63) is 107 Å². The fraction of sp³-hybridized carbons (Fsp3) is 0.103. The summed E-state index contributed by atoms with van der Waals surface area (Å²) in [6, 6.07) is 24.5. The van der Waals surface area contributed by atoms with Gasteiger partial charge >= 0.3 is 0 Å². The number of benzene rings is 3. The summed E-state index contributed by atoms with van der Waals surface area (Å²) in [7, 11) is -3.83. The molecule has 0 saturated carbocycles. The highest BCUT2D eigenvalue weighted by atomic mass is 32.2. The molecule has 0 fully saturated rings. The summed E-state index contributed by atoms with van der Waals surface area (Å²) in [5.74, 6) is -0.319. The van der Waals surface area contributed by atoms with Crippen LogP contribution in [0.15, 0.2) is 83.8 Å². The summed E-state index contributed by atoms with van der Waals surface area (Å²) in [5, 5.41) is 22.6. The molecule has 1 amide bonds. The Labute approximate surface area is 225 Å². The number of hydrogen-bond donors (Lipinski definition) is 2. The number of sulfonamides is 1. The van der Waals surface area contributed by atoms with Crippen LogP contribution in [0.25, 0.3) is 22.2 Å². The Morgan fingerprint density at radius 2 is 1.72 bits per heavy atom. The number of nitriles is 1. The summed E-state index contributed by atoms with van der Waals surface area (Å²) in [6.07, 6.45) is 0. The Kier molecular flexibility index (Phi) is 6.70.